The highest BCUT2D eigenvalue weighted by Gasteiger charge is 2.35. The maximum Gasteiger partial charge on any atom is 0.290 e. The van der Waals surface area contributed by atoms with Crippen molar-refractivity contribution in [1.82, 2.24) is 25.5 Å². The number of rotatable bonds is 6. The number of carbonyl (C=O) groups is 3. The Bertz CT molecular complexity index is 1360. The Labute approximate surface area is 209 Å². The molecule has 0 radical (unpaired) electrons. The molecule has 188 valence electrons. The highest BCUT2D eigenvalue weighted by molar-refractivity contribution is 6.05. The van der Waals surface area contributed by atoms with Gasteiger partial charge < -0.3 is 4.90 Å². The van der Waals surface area contributed by atoms with Gasteiger partial charge in [-0.15, -0.1) is 0 Å². The fourth-order valence-corrected chi connectivity index (χ4v) is 4.51. The van der Waals surface area contributed by atoms with Crippen LogP contribution in [-0.4, -0.2) is 38.4 Å². The molecule has 2 aromatic carbocycles. The van der Waals surface area contributed by atoms with Gasteiger partial charge in [0.25, 0.3) is 17.4 Å². The van der Waals surface area contributed by atoms with E-state index in [0.717, 1.165) is 11.1 Å². The summed E-state index contributed by atoms with van der Waals surface area (Å²) in [5, 5.41) is 5.05. The van der Waals surface area contributed by atoms with E-state index in [1.54, 1.807) is 29.2 Å². The number of fused-ring (bicyclic) bond motifs is 2. The van der Waals surface area contributed by atoms with E-state index in [9.17, 15) is 19.2 Å². The highest BCUT2D eigenvalue weighted by Crippen LogP contribution is 2.25. The van der Waals surface area contributed by atoms with Crippen LogP contribution in [0.15, 0.2) is 53.3 Å². The Kier molecular flexibility index (Phi) is 7.47. The zero-order chi connectivity index (χ0) is 25.8. The predicted molar refractivity (Wildman–Crippen MR) is 136 cm³/mol. The first-order chi connectivity index (χ1) is 17.3. The molecule has 36 heavy (non-hydrogen) atoms. The summed E-state index contributed by atoms with van der Waals surface area (Å²) in [5.74, 6) is -1.08. The van der Waals surface area contributed by atoms with Crippen LogP contribution in [-0.2, 0) is 29.1 Å². The summed E-state index contributed by atoms with van der Waals surface area (Å²) < 4.78 is 1.27. The summed E-state index contributed by atoms with van der Waals surface area (Å²) in [4.78, 5) is 53.6. The largest absolute Gasteiger partial charge is 0.326 e. The second-order valence-electron chi connectivity index (χ2n) is 9.47. The third-order valence-electron chi connectivity index (χ3n) is 6.27. The predicted octanol–water partition coefficient (Wildman–Crippen LogP) is 2.57. The monoisotopic (exact) mass is 489 g/mol. The summed E-state index contributed by atoms with van der Waals surface area (Å²) >= 11 is 0. The van der Waals surface area contributed by atoms with Crippen molar-refractivity contribution < 1.29 is 14.4 Å². The van der Waals surface area contributed by atoms with Gasteiger partial charge in [-0.3, -0.25) is 30.0 Å². The number of carbonyl (C=O) groups excluding carboxylic acids is 3. The second kappa shape index (κ2) is 10.7. The molecule has 1 aliphatic heterocycles. The molecular formula is C27H31N5O4. The van der Waals surface area contributed by atoms with E-state index in [0.29, 0.717) is 43.1 Å². The normalized spacial score (nSPS) is 15.0. The number of amides is 3. The Balaban J connectivity index is 1.56. The lowest BCUT2D eigenvalue weighted by Gasteiger charge is -2.36. The average molecular weight is 490 g/mol. The third-order valence-corrected chi connectivity index (χ3v) is 6.27. The zero-order valence-corrected chi connectivity index (χ0v) is 20.8. The molecule has 1 aromatic heterocycles. The van der Waals surface area contributed by atoms with Crippen LogP contribution in [0.1, 0.15) is 55.2 Å². The minimum atomic E-state index is -0.759. The molecule has 3 amide bonds. The van der Waals surface area contributed by atoms with E-state index in [1.165, 1.54) is 4.68 Å². The van der Waals surface area contributed by atoms with Crippen molar-refractivity contribution in [2.45, 2.75) is 59.2 Å². The van der Waals surface area contributed by atoms with E-state index in [-0.39, 0.29) is 23.1 Å². The summed E-state index contributed by atoms with van der Waals surface area (Å²) in [6, 6.07) is 13.7. The molecule has 3 aromatic rings. The van der Waals surface area contributed by atoms with Gasteiger partial charge in [0, 0.05) is 31.3 Å². The first-order valence-corrected chi connectivity index (χ1v) is 12.3. The quantitative estimate of drug-likeness (QED) is 0.517. The van der Waals surface area contributed by atoms with Crippen molar-refractivity contribution in [1.29, 1.82) is 0 Å². The molecule has 9 heteroatoms. The molecule has 9 nitrogen and oxygen atoms in total. The van der Waals surface area contributed by atoms with Crippen LogP contribution in [0.5, 0.6) is 0 Å². The number of hydrogen-bond donors (Lipinski definition) is 2. The minimum absolute atomic E-state index is 0.0423. The number of hydrogen-bond acceptors (Lipinski definition) is 5. The van der Waals surface area contributed by atoms with Crippen molar-refractivity contribution >= 4 is 28.5 Å². The lowest BCUT2D eigenvalue weighted by Crippen LogP contribution is -2.56. The molecule has 0 saturated heterocycles. The van der Waals surface area contributed by atoms with E-state index in [1.807, 2.05) is 45.0 Å². The van der Waals surface area contributed by atoms with Crippen molar-refractivity contribution in [2.24, 2.45) is 5.92 Å². The van der Waals surface area contributed by atoms with Crippen LogP contribution < -0.4 is 16.4 Å². The molecule has 1 atom stereocenters. The van der Waals surface area contributed by atoms with Gasteiger partial charge in [-0.1, -0.05) is 63.2 Å². The van der Waals surface area contributed by atoms with Crippen LogP contribution in [0.4, 0.5) is 0 Å². The molecule has 0 saturated carbocycles. The van der Waals surface area contributed by atoms with Gasteiger partial charge in [0.2, 0.25) is 5.91 Å². The summed E-state index contributed by atoms with van der Waals surface area (Å²) in [5.41, 5.74) is 6.72. The van der Waals surface area contributed by atoms with Crippen LogP contribution in [0, 0.1) is 5.92 Å². The lowest BCUT2D eigenvalue weighted by atomic mass is 9.92. The van der Waals surface area contributed by atoms with Gasteiger partial charge in [-0.25, -0.2) is 4.68 Å². The highest BCUT2D eigenvalue weighted by atomic mass is 16.2. The van der Waals surface area contributed by atoms with Gasteiger partial charge in [0.1, 0.15) is 6.04 Å². The molecule has 1 unspecified atom stereocenters. The van der Waals surface area contributed by atoms with Crippen LogP contribution in [0.2, 0.25) is 0 Å². The van der Waals surface area contributed by atoms with E-state index >= 15 is 0 Å². The number of aromatic nitrogens is 2. The lowest BCUT2D eigenvalue weighted by molar-refractivity contribution is -0.142. The minimum Gasteiger partial charge on any atom is -0.326 e. The Morgan fingerprint density at radius 1 is 1.00 bits per heavy atom. The number of nitrogens with zero attached hydrogens (tertiary/aromatic N) is 3. The number of benzene rings is 2. The fourth-order valence-electron chi connectivity index (χ4n) is 4.51. The van der Waals surface area contributed by atoms with Crippen molar-refractivity contribution in [2.75, 3.05) is 0 Å². The molecule has 0 aliphatic carbocycles. The fraction of sp³-hybridized carbons (Fsp3) is 0.370. The maximum atomic E-state index is 13.2. The Morgan fingerprint density at radius 2 is 1.67 bits per heavy atom. The van der Waals surface area contributed by atoms with Gasteiger partial charge in [-0.2, -0.15) is 5.10 Å². The number of nitrogens with one attached hydrogen (secondary N) is 2. The van der Waals surface area contributed by atoms with Gasteiger partial charge >= 0.3 is 0 Å². The molecule has 0 spiro atoms. The average Bonchev–Trinajstić information content (AvgIpc) is 2.87. The first-order valence-electron chi connectivity index (χ1n) is 12.3. The number of hydrazine groups is 1. The van der Waals surface area contributed by atoms with Gasteiger partial charge in [0.15, 0.2) is 5.69 Å². The summed E-state index contributed by atoms with van der Waals surface area (Å²) in [6.45, 7) is 6.53. The standard InChI is InChI=1S/C27H31N5O4/c1-4-13-32-27(36)21-12-8-7-11-20(21)24(30-32)26(35)29-28-25(34)22-15-18-9-5-6-10-19(18)16-31(22)23(33)14-17(2)3/h5-12,17,22H,4,13-16H2,1-3H3,(H,28,34)(H,29,35). The van der Waals surface area contributed by atoms with Crippen molar-refractivity contribution in [3.8, 4) is 0 Å². The van der Waals surface area contributed by atoms with Crippen LogP contribution >= 0.6 is 0 Å². The topological polar surface area (TPSA) is 113 Å². The number of aryl methyl sites for hydroxylation is 1. The Morgan fingerprint density at radius 3 is 2.36 bits per heavy atom. The van der Waals surface area contributed by atoms with Crippen LogP contribution in [0.3, 0.4) is 0 Å². The van der Waals surface area contributed by atoms with E-state index in [2.05, 4.69) is 16.0 Å². The summed E-state index contributed by atoms with van der Waals surface area (Å²) in [6.07, 6.45) is 1.35. The molecule has 1 aliphatic rings. The van der Waals surface area contributed by atoms with Gasteiger partial charge in [-0.05, 0) is 29.5 Å². The molecule has 0 fully saturated rings. The van der Waals surface area contributed by atoms with E-state index in [4.69, 9.17) is 0 Å². The summed E-state index contributed by atoms with van der Waals surface area (Å²) in [7, 11) is 0. The SMILES string of the molecule is CCCn1nc(C(=O)NNC(=O)C2Cc3ccccc3CN2C(=O)CC(C)C)c2ccccc2c1=O. The molecule has 2 heterocycles. The molecular weight excluding hydrogens is 458 g/mol. The smallest absolute Gasteiger partial charge is 0.290 e. The second-order valence-corrected chi connectivity index (χ2v) is 9.47. The van der Waals surface area contributed by atoms with Crippen molar-refractivity contribution in [3.05, 3.63) is 75.7 Å². The van der Waals surface area contributed by atoms with Gasteiger partial charge in [0.05, 0.1) is 5.39 Å². The van der Waals surface area contributed by atoms with E-state index < -0.39 is 17.9 Å². The third kappa shape index (κ3) is 5.15. The molecule has 4 rings (SSSR count). The molecule has 0 bridgehead atoms. The first kappa shape index (κ1) is 25.1. The van der Waals surface area contributed by atoms with Crippen molar-refractivity contribution in [3.63, 3.8) is 0 Å². The molecule has 2 N–H and O–H groups in total. The zero-order valence-electron chi connectivity index (χ0n) is 20.8. The van der Waals surface area contributed by atoms with Crippen LogP contribution in [0.25, 0.3) is 10.8 Å². The maximum absolute atomic E-state index is 13.2. The Hall–Kier alpha value is -4.01.